The molecule has 3 aromatic carbocycles. The van der Waals surface area contributed by atoms with Crippen molar-refractivity contribution in [2.45, 2.75) is 44.2 Å². The van der Waals surface area contributed by atoms with E-state index in [1.807, 2.05) is 78.9 Å². The summed E-state index contributed by atoms with van der Waals surface area (Å²) in [4.78, 5) is 16.8. The van der Waals surface area contributed by atoms with E-state index >= 15 is 0 Å². The lowest BCUT2D eigenvalue weighted by Gasteiger charge is -2.46. The Kier molecular flexibility index (Phi) is 11.4. The van der Waals surface area contributed by atoms with Gasteiger partial charge in [0, 0.05) is 27.2 Å². The Balaban J connectivity index is 1.48. The minimum atomic E-state index is -0.615. The highest BCUT2D eigenvalue weighted by molar-refractivity contribution is 5.67. The zero-order valence-electron chi connectivity index (χ0n) is 25.0. The van der Waals surface area contributed by atoms with Crippen molar-refractivity contribution < 1.29 is 28.5 Å². The van der Waals surface area contributed by atoms with Crippen LogP contribution in [0.3, 0.4) is 0 Å². The number of rotatable bonds is 12. The molecule has 8 nitrogen and oxygen atoms in total. The number of ether oxygens (including phenoxy) is 5. The monoisotopic (exact) mass is 586 g/mol. The molecule has 1 saturated heterocycles. The molecule has 8 heteroatoms. The average Bonchev–Trinajstić information content (AvgIpc) is 3.05. The van der Waals surface area contributed by atoms with Crippen LogP contribution >= 0.6 is 0 Å². The zero-order chi connectivity index (χ0) is 29.9. The van der Waals surface area contributed by atoms with Crippen molar-refractivity contribution in [2.24, 2.45) is 0 Å². The molecule has 1 amide bonds. The van der Waals surface area contributed by atoms with Gasteiger partial charge in [-0.1, -0.05) is 97.1 Å². The molecule has 1 aliphatic heterocycles. The van der Waals surface area contributed by atoms with Crippen LogP contribution < -0.4 is 0 Å². The average molecular weight is 587 g/mol. The first-order chi connectivity index (χ1) is 21.1. The second-order valence-electron chi connectivity index (χ2n) is 11.1. The Morgan fingerprint density at radius 1 is 0.744 bits per heavy atom. The van der Waals surface area contributed by atoms with E-state index in [2.05, 4.69) is 23.1 Å². The van der Waals surface area contributed by atoms with E-state index in [-0.39, 0.29) is 6.04 Å². The van der Waals surface area contributed by atoms with Gasteiger partial charge in [0.05, 0.1) is 45.7 Å². The first-order valence-electron chi connectivity index (χ1n) is 14.9. The largest absolute Gasteiger partial charge is 0.441 e. The molecule has 0 radical (unpaired) electrons. The molecule has 3 aromatic rings. The molecule has 0 saturated carbocycles. The number of hydrogen-bond donors (Lipinski definition) is 0. The van der Waals surface area contributed by atoms with Crippen LogP contribution in [0.15, 0.2) is 103 Å². The van der Waals surface area contributed by atoms with Crippen LogP contribution in [0.4, 0.5) is 4.79 Å². The summed E-state index contributed by atoms with van der Waals surface area (Å²) in [6.07, 6.45) is 0.0472. The molecule has 0 N–H and O–H groups in total. The highest BCUT2D eigenvalue weighted by Gasteiger charge is 2.46. The van der Waals surface area contributed by atoms with Gasteiger partial charge in [0.15, 0.2) is 6.10 Å². The lowest BCUT2D eigenvalue weighted by atomic mass is 9.86. The van der Waals surface area contributed by atoms with Crippen LogP contribution in [0, 0.1) is 0 Å². The number of morpholine rings is 1. The standard InChI is InChI=1S/C35H42N2O6/c1-36(2)35(38)43-33-31(37-18-20-39-21-19-37)22-30(26-40-23-27-12-6-3-7-13-27)32(41-24-28-14-8-4-9-15-28)34(33)42-25-29-16-10-5-11-17-29/h3-17,22,31-34H,18-21,23-26H2,1-2H3/t31-,32+,33+,34-/m0/s1. The molecule has 1 aliphatic carbocycles. The number of nitrogens with zero attached hydrogens (tertiary/aromatic N) is 2. The van der Waals surface area contributed by atoms with E-state index in [0.717, 1.165) is 35.4 Å². The maximum atomic E-state index is 13.1. The van der Waals surface area contributed by atoms with Gasteiger partial charge in [-0.05, 0) is 22.3 Å². The fourth-order valence-corrected chi connectivity index (χ4v) is 5.44. The normalized spacial score (nSPS) is 22.5. The number of carbonyl (C=O) groups is 1. The highest BCUT2D eigenvalue weighted by atomic mass is 16.6. The van der Waals surface area contributed by atoms with Gasteiger partial charge in [-0.15, -0.1) is 0 Å². The second-order valence-corrected chi connectivity index (χ2v) is 11.1. The quantitative estimate of drug-likeness (QED) is 0.274. The molecule has 0 bridgehead atoms. The van der Waals surface area contributed by atoms with Gasteiger partial charge in [0.2, 0.25) is 0 Å². The number of amides is 1. The third-order valence-electron chi connectivity index (χ3n) is 7.72. The van der Waals surface area contributed by atoms with Gasteiger partial charge in [0.1, 0.15) is 12.2 Å². The first-order valence-corrected chi connectivity index (χ1v) is 14.9. The molecule has 4 atom stereocenters. The fraction of sp³-hybridized carbons (Fsp3) is 0.400. The van der Waals surface area contributed by atoms with Crippen LogP contribution in [-0.2, 0) is 43.5 Å². The third kappa shape index (κ3) is 8.75. The molecule has 2 aliphatic rings. The summed E-state index contributed by atoms with van der Waals surface area (Å²) in [5.41, 5.74) is 4.14. The van der Waals surface area contributed by atoms with Gasteiger partial charge < -0.3 is 28.6 Å². The SMILES string of the molecule is CN(C)C(=O)O[C@H]1[C@@H](OCc2ccccc2)[C@H](OCc2ccccc2)C(COCc2ccccc2)=C[C@@H]1N1CCOCC1. The van der Waals surface area contributed by atoms with E-state index < -0.39 is 24.4 Å². The maximum absolute atomic E-state index is 13.1. The summed E-state index contributed by atoms with van der Waals surface area (Å²) in [5.74, 6) is 0. The van der Waals surface area contributed by atoms with Crippen molar-refractivity contribution >= 4 is 6.09 Å². The Morgan fingerprint density at radius 2 is 1.28 bits per heavy atom. The third-order valence-corrected chi connectivity index (χ3v) is 7.72. The Labute approximate surface area is 254 Å². The second kappa shape index (κ2) is 15.8. The molecular formula is C35H42N2O6. The van der Waals surface area contributed by atoms with Gasteiger partial charge in [-0.25, -0.2) is 4.79 Å². The topological polar surface area (TPSA) is 69.7 Å². The molecule has 228 valence electrons. The van der Waals surface area contributed by atoms with Crippen LogP contribution in [-0.4, -0.2) is 87.3 Å². The lowest BCUT2D eigenvalue weighted by molar-refractivity contribution is -0.150. The molecule has 1 heterocycles. The van der Waals surface area contributed by atoms with Crippen molar-refractivity contribution in [1.29, 1.82) is 0 Å². The maximum Gasteiger partial charge on any atom is 0.409 e. The van der Waals surface area contributed by atoms with Crippen LogP contribution in [0.1, 0.15) is 16.7 Å². The molecule has 43 heavy (non-hydrogen) atoms. The minimum Gasteiger partial charge on any atom is -0.441 e. The van der Waals surface area contributed by atoms with Crippen LogP contribution in [0.25, 0.3) is 0 Å². The zero-order valence-corrected chi connectivity index (χ0v) is 25.0. The first kappa shape index (κ1) is 30.9. The number of carbonyl (C=O) groups excluding carboxylic acids is 1. The highest BCUT2D eigenvalue weighted by Crippen LogP contribution is 2.33. The predicted octanol–water partition coefficient (Wildman–Crippen LogP) is 5.08. The summed E-state index contributed by atoms with van der Waals surface area (Å²) in [5, 5.41) is 0. The minimum absolute atomic E-state index is 0.236. The summed E-state index contributed by atoms with van der Waals surface area (Å²) in [6.45, 7) is 4.22. The van der Waals surface area contributed by atoms with Gasteiger partial charge in [0.25, 0.3) is 0 Å². The van der Waals surface area contributed by atoms with Gasteiger partial charge >= 0.3 is 6.09 Å². The molecule has 0 unspecified atom stereocenters. The molecular weight excluding hydrogens is 544 g/mol. The molecule has 5 rings (SSSR count). The van der Waals surface area contributed by atoms with Crippen LogP contribution in [0.2, 0.25) is 0 Å². The van der Waals surface area contributed by atoms with Crippen LogP contribution in [0.5, 0.6) is 0 Å². The summed E-state index contributed by atoms with van der Waals surface area (Å²) in [7, 11) is 3.38. The van der Waals surface area contributed by atoms with E-state index in [0.29, 0.717) is 39.6 Å². The van der Waals surface area contributed by atoms with Crippen molar-refractivity contribution in [3.05, 3.63) is 119 Å². The van der Waals surface area contributed by atoms with Gasteiger partial charge in [-0.2, -0.15) is 0 Å². The lowest BCUT2D eigenvalue weighted by Crippen LogP contribution is -2.60. The number of benzene rings is 3. The Bertz CT molecular complexity index is 1280. The van der Waals surface area contributed by atoms with Crippen molar-refractivity contribution in [1.82, 2.24) is 9.80 Å². The number of hydrogen-bond acceptors (Lipinski definition) is 7. The smallest absolute Gasteiger partial charge is 0.409 e. The summed E-state index contributed by atoms with van der Waals surface area (Å²) >= 11 is 0. The fourth-order valence-electron chi connectivity index (χ4n) is 5.44. The van der Waals surface area contributed by atoms with Gasteiger partial charge in [-0.3, -0.25) is 4.90 Å². The van der Waals surface area contributed by atoms with E-state index in [9.17, 15) is 4.79 Å². The van der Waals surface area contributed by atoms with E-state index in [4.69, 9.17) is 23.7 Å². The summed E-state index contributed by atoms with van der Waals surface area (Å²) in [6, 6.07) is 30.0. The Hall–Kier alpha value is -3.53. The Morgan fingerprint density at radius 3 is 1.84 bits per heavy atom. The molecule has 0 aromatic heterocycles. The van der Waals surface area contributed by atoms with Crippen molar-refractivity contribution in [3.8, 4) is 0 Å². The predicted molar refractivity (Wildman–Crippen MR) is 164 cm³/mol. The molecule has 0 spiro atoms. The summed E-state index contributed by atoms with van der Waals surface area (Å²) < 4.78 is 31.6. The van der Waals surface area contributed by atoms with Crippen molar-refractivity contribution in [2.75, 3.05) is 47.0 Å². The molecule has 1 fully saturated rings. The van der Waals surface area contributed by atoms with E-state index in [1.165, 1.54) is 4.90 Å². The van der Waals surface area contributed by atoms with E-state index in [1.54, 1.807) is 14.1 Å². The van der Waals surface area contributed by atoms with Crippen molar-refractivity contribution in [3.63, 3.8) is 0 Å².